The third kappa shape index (κ3) is 2.54. The van der Waals surface area contributed by atoms with Gasteiger partial charge in [0.25, 0.3) is 0 Å². The van der Waals surface area contributed by atoms with Crippen molar-refractivity contribution in [3.63, 3.8) is 0 Å². The largest absolute Gasteiger partial charge is 0.478 e. The van der Waals surface area contributed by atoms with Crippen LogP contribution in [0, 0.1) is 5.41 Å². The lowest BCUT2D eigenvalue weighted by molar-refractivity contribution is -0.121. The SMILES string of the molecule is CC(C)(C)[C@@H](N)C(=O)N1CCc2cc(C(=O)O)ccc21. The molecule has 0 saturated heterocycles. The van der Waals surface area contributed by atoms with Crippen LogP contribution in [0.15, 0.2) is 18.2 Å². The van der Waals surface area contributed by atoms with Gasteiger partial charge in [-0.25, -0.2) is 4.79 Å². The Morgan fingerprint density at radius 1 is 1.35 bits per heavy atom. The number of anilines is 1. The van der Waals surface area contributed by atoms with Crippen molar-refractivity contribution in [2.24, 2.45) is 11.1 Å². The molecule has 108 valence electrons. The Morgan fingerprint density at radius 3 is 2.55 bits per heavy atom. The molecule has 0 aromatic heterocycles. The van der Waals surface area contributed by atoms with Gasteiger partial charge in [-0.2, -0.15) is 0 Å². The van der Waals surface area contributed by atoms with Crippen molar-refractivity contribution >= 4 is 17.6 Å². The summed E-state index contributed by atoms with van der Waals surface area (Å²) in [5, 5.41) is 8.99. The minimum absolute atomic E-state index is 0.112. The van der Waals surface area contributed by atoms with E-state index in [9.17, 15) is 9.59 Å². The Morgan fingerprint density at radius 2 is 2.00 bits per heavy atom. The summed E-state index contributed by atoms with van der Waals surface area (Å²) in [4.78, 5) is 25.1. The molecule has 20 heavy (non-hydrogen) atoms. The maximum absolute atomic E-state index is 12.5. The molecule has 1 atom stereocenters. The number of carbonyl (C=O) groups excluding carboxylic acids is 1. The van der Waals surface area contributed by atoms with Crippen molar-refractivity contribution in [2.75, 3.05) is 11.4 Å². The first kappa shape index (κ1) is 14.5. The minimum Gasteiger partial charge on any atom is -0.478 e. The van der Waals surface area contributed by atoms with Crippen molar-refractivity contribution in [2.45, 2.75) is 33.2 Å². The van der Waals surface area contributed by atoms with E-state index in [-0.39, 0.29) is 16.9 Å². The molecule has 0 bridgehead atoms. The van der Waals surface area contributed by atoms with Crippen LogP contribution in [0.5, 0.6) is 0 Å². The molecule has 0 radical (unpaired) electrons. The standard InChI is InChI=1S/C15H20N2O3/c1-15(2,3)12(16)13(18)17-7-6-9-8-10(14(19)20)4-5-11(9)17/h4-5,8,12H,6-7,16H2,1-3H3,(H,19,20)/t12-/m0/s1. The fourth-order valence-corrected chi connectivity index (χ4v) is 2.30. The highest BCUT2D eigenvalue weighted by atomic mass is 16.4. The summed E-state index contributed by atoms with van der Waals surface area (Å²) in [6.07, 6.45) is 0.666. The molecule has 1 amide bonds. The van der Waals surface area contributed by atoms with Crippen LogP contribution in [-0.2, 0) is 11.2 Å². The highest BCUT2D eigenvalue weighted by Crippen LogP contribution is 2.31. The topological polar surface area (TPSA) is 83.6 Å². The highest BCUT2D eigenvalue weighted by molar-refractivity contribution is 6.00. The number of fused-ring (bicyclic) bond motifs is 1. The fourth-order valence-electron chi connectivity index (χ4n) is 2.30. The fraction of sp³-hybridized carbons (Fsp3) is 0.467. The first-order valence-corrected chi connectivity index (χ1v) is 6.65. The summed E-state index contributed by atoms with van der Waals surface area (Å²) in [5.41, 5.74) is 7.63. The normalized spacial score (nSPS) is 15.9. The average Bonchev–Trinajstić information content (AvgIpc) is 2.78. The van der Waals surface area contributed by atoms with Crippen LogP contribution in [0.4, 0.5) is 5.69 Å². The van der Waals surface area contributed by atoms with Crippen LogP contribution < -0.4 is 10.6 Å². The van der Waals surface area contributed by atoms with Gasteiger partial charge in [0.15, 0.2) is 0 Å². The zero-order valence-electron chi connectivity index (χ0n) is 12.0. The third-order valence-corrected chi connectivity index (χ3v) is 3.69. The van der Waals surface area contributed by atoms with Crippen molar-refractivity contribution < 1.29 is 14.7 Å². The lowest BCUT2D eigenvalue weighted by atomic mass is 9.86. The molecular weight excluding hydrogens is 256 g/mol. The van der Waals surface area contributed by atoms with E-state index in [1.807, 2.05) is 20.8 Å². The molecule has 1 aliphatic rings. The number of nitrogens with zero attached hydrogens (tertiary/aromatic N) is 1. The number of amides is 1. The molecule has 0 unspecified atom stereocenters. The Hall–Kier alpha value is -1.88. The number of rotatable bonds is 2. The summed E-state index contributed by atoms with van der Waals surface area (Å²) in [5.74, 6) is -1.07. The number of hydrogen-bond acceptors (Lipinski definition) is 3. The number of carboxylic acid groups (broad SMARTS) is 1. The lowest BCUT2D eigenvalue weighted by Crippen LogP contribution is -2.50. The number of carbonyl (C=O) groups is 2. The predicted octanol–water partition coefficient (Wildman–Crippen LogP) is 1.65. The number of nitrogens with two attached hydrogens (primary N) is 1. The van der Waals surface area contributed by atoms with Gasteiger partial charge in [0, 0.05) is 12.2 Å². The van der Waals surface area contributed by atoms with Crippen molar-refractivity contribution in [3.05, 3.63) is 29.3 Å². The molecule has 5 heteroatoms. The van der Waals surface area contributed by atoms with E-state index < -0.39 is 12.0 Å². The number of hydrogen-bond donors (Lipinski definition) is 2. The second-order valence-corrected chi connectivity index (χ2v) is 6.23. The summed E-state index contributed by atoms with van der Waals surface area (Å²) in [7, 11) is 0. The summed E-state index contributed by atoms with van der Waals surface area (Å²) >= 11 is 0. The van der Waals surface area contributed by atoms with E-state index in [1.165, 1.54) is 6.07 Å². The van der Waals surface area contributed by atoms with Crippen LogP contribution in [0.2, 0.25) is 0 Å². The lowest BCUT2D eigenvalue weighted by Gasteiger charge is -2.30. The van der Waals surface area contributed by atoms with Gasteiger partial charge in [-0.15, -0.1) is 0 Å². The molecule has 1 aromatic carbocycles. The van der Waals surface area contributed by atoms with Gasteiger partial charge in [0.05, 0.1) is 11.6 Å². The zero-order valence-corrected chi connectivity index (χ0v) is 12.0. The number of benzene rings is 1. The molecule has 0 spiro atoms. The highest BCUT2D eigenvalue weighted by Gasteiger charge is 2.34. The Labute approximate surface area is 118 Å². The van der Waals surface area contributed by atoms with Crippen LogP contribution >= 0.6 is 0 Å². The van der Waals surface area contributed by atoms with E-state index in [0.29, 0.717) is 13.0 Å². The Bertz CT molecular complexity index is 561. The average molecular weight is 276 g/mol. The zero-order chi connectivity index (χ0) is 15.1. The van der Waals surface area contributed by atoms with E-state index in [4.69, 9.17) is 10.8 Å². The van der Waals surface area contributed by atoms with Gasteiger partial charge in [-0.05, 0) is 35.6 Å². The monoisotopic (exact) mass is 276 g/mol. The second-order valence-electron chi connectivity index (χ2n) is 6.23. The number of aromatic carboxylic acids is 1. The van der Waals surface area contributed by atoms with Gasteiger partial charge < -0.3 is 15.7 Å². The quantitative estimate of drug-likeness (QED) is 0.860. The molecule has 0 aliphatic carbocycles. The maximum atomic E-state index is 12.5. The Kier molecular flexibility index (Phi) is 3.56. The van der Waals surface area contributed by atoms with E-state index in [0.717, 1.165) is 11.3 Å². The van der Waals surface area contributed by atoms with Crippen molar-refractivity contribution in [1.29, 1.82) is 0 Å². The number of carboxylic acids is 1. The van der Waals surface area contributed by atoms with Crippen LogP contribution in [0.3, 0.4) is 0 Å². The molecule has 1 aliphatic heterocycles. The Balaban J connectivity index is 2.29. The van der Waals surface area contributed by atoms with E-state index >= 15 is 0 Å². The van der Waals surface area contributed by atoms with Gasteiger partial charge in [0.2, 0.25) is 5.91 Å². The molecule has 1 aromatic rings. The first-order chi connectivity index (χ1) is 9.21. The molecule has 3 N–H and O–H groups in total. The summed E-state index contributed by atoms with van der Waals surface area (Å²) in [6.45, 7) is 6.35. The van der Waals surface area contributed by atoms with Gasteiger partial charge in [0.1, 0.15) is 0 Å². The van der Waals surface area contributed by atoms with Gasteiger partial charge >= 0.3 is 5.97 Å². The third-order valence-electron chi connectivity index (χ3n) is 3.69. The van der Waals surface area contributed by atoms with Gasteiger partial charge in [-0.3, -0.25) is 4.79 Å². The van der Waals surface area contributed by atoms with Crippen LogP contribution in [0.25, 0.3) is 0 Å². The van der Waals surface area contributed by atoms with E-state index in [1.54, 1.807) is 17.0 Å². The maximum Gasteiger partial charge on any atom is 0.335 e. The van der Waals surface area contributed by atoms with Crippen LogP contribution in [-0.4, -0.2) is 29.6 Å². The molecule has 1 heterocycles. The smallest absolute Gasteiger partial charge is 0.335 e. The molecular formula is C15H20N2O3. The summed E-state index contributed by atoms with van der Waals surface area (Å²) < 4.78 is 0. The molecule has 0 saturated carbocycles. The second kappa shape index (κ2) is 4.90. The van der Waals surface area contributed by atoms with E-state index in [2.05, 4.69) is 0 Å². The van der Waals surface area contributed by atoms with Crippen molar-refractivity contribution in [3.8, 4) is 0 Å². The van der Waals surface area contributed by atoms with Gasteiger partial charge in [-0.1, -0.05) is 20.8 Å². The van der Waals surface area contributed by atoms with Crippen LogP contribution in [0.1, 0.15) is 36.7 Å². The molecule has 0 fully saturated rings. The minimum atomic E-state index is -0.955. The first-order valence-electron chi connectivity index (χ1n) is 6.65. The summed E-state index contributed by atoms with van der Waals surface area (Å²) in [6, 6.07) is 4.27. The predicted molar refractivity (Wildman–Crippen MR) is 76.9 cm³/mol. The molecule has 2 rings (SSSR count). The molecule has 5 nitrogen and oxygen atoms in total. The van der Waals surface area contributed by atoms with Crippen molar-refractivity contribution in [1.82, 2.24) is 0 Å².